The number of aliphatic carboxylic acids is 2. The number of carboxylic acid groups (broad SMARTS) is 2. The first-order valence-corrected chi connectivity index (χ1v) is 6.72. The number of nitrogens with one attached hydrogen (secondary N) is 1. The highest BCUT2D eigenvalue weighted by Crippen LogP contribution is 2.14. The van der Waals surface area contributed by atoms with E-state index in [0.717, 1.165) is 11.9 Å². The van der Waals surface area contributed by atoms with Gasteiger partial charge >= 0.3 is 11.9 Å². The highest BCUT2D eigenvalue weighted by molar-refractivity contribution is 8.10. The van der Waals surface area contributed by atoms with Crippen molar-refractivity contribution in [2.75, 3.05) is 6.26 Å². The number of nitrogens with two attached hydrogens (primary N) is 1. The number of carbonyl (C=O) groups is 2. The van der Waals surface area contributed by atoms with Gasteiger partial charge in [-0.1, -0.05) is 11.9 Å². The lowest BCUT2D eigenvalue weighted by Gasteiger charge is -2.19. The molecular formula is C7H14N2O5S2. The first-order valence-electron chi connectivity index (χ1n) is 4.22. The van der Waals surface area contributed by atoms with Crippen molar-refractivity contribution < 1.29 is 24.0 Å². The molecule has 0 bridgehead atoms. The maximum Gasteiger partial charge on any atom is 0.322 e. The van der Waals surface area contributed by atoms with E-state index in [1.54, 1.807) is 0 Å². The molecule has 0 rings (SSSR count). The van der Waals surface area contributed by atoms with Crippen LogP contribution in [0.15, 0.2) is 0 Å². The van der Waals surface area contributed by atoms with E-state index in [1.807, 2.05) is 0 Å². The van der Waals surface area contributed by atoms with Gasteiger partial charge in [-0.25, -0.2) is 4.72 Å². The van der Waals surface area contributed by atoms with Gasteiger partial charge in [-0.2, -0.15) is 0 Å². The Labute approximate surface area is 99.4 Å². The van der Waals surface area contributed by atoms with Crippen molar-refractivity contribution in [3.63, 3.8) is 0 Å². The zero-order valence-electron chi connectivity index (χ0n) is 8.75. The lowest BCUT2D eigenvalue weighted by molar-refractivity contribution is -0.139. The summed E-state index contributed by atoms with van der Waals surface area (Å²) >= 11 is 0.766. The van der Waals surface area contributed by atoms with Crippen LogP contribution in [0.5, 0.6) is 0 Å². The molecule has 9 heteroatoms. The number of carboxylic acids is 2. The highest BCUT2D eigenvalue weighted by Gasteiger charge is 2.29. The molecule has 0 radical (unpaired) electrons. The molecule has 0 saturated heterocycles. The second-order valence-electron chi connectivity index (χ2n) is 3.03. The maximum absolute atomic E-state index is 11.2. The first-order chi connectivity index (χ1) is 7.27. The van der Waals surface area contributed by atoms with Gasteiger partial charge in [-0.3, -0.25) is 13.8 Å². The fraction of sp³-hybridized carbons (Fsp3) is 0.714. The summed E-state index contributed by atoms with van der Waals surface area (Å²) < 4.78 is 12.8. The molecule has 0 fully saturated rings. The van der Waals surface area contributed by atoms with Crippen LogP contribution in [-0.4, -0.2) is 49.3 Å². The van der Waals surface area contributed by atoms with E-state index >= 15 is 0 Å². The Morgan fingerprint density at radius 3 is 2.19 bits per heavy atom. The Hall–Kier alpha value is -0.640. The summed E-state index contributed by atoms with van der Waals surface area (Å²) in [5, 5.41) is 17.2. The molecule has 0 aromatic carbocycles. The summed E-state index contributed by atoms with van der Waals surface area (Å²) in [7, 11) is -1.48. The van der Waals surface area contributed by atoms with Crippen LogP contribution in [-0.2, 0) is 20.4 Å². The zero-order chi connectivity index (χ0) is 12.9. The van der Waals surface area contributed by atoms with Gasteiger partial charge in [0, 0.05) is 17.1 Å². The summed E-state index contributed by atoms with van der Waals surface area (Å²) in [6, 6.07) is -2.19. The molecule has 4 atom stereocenters. The van der Waals surface area contributed by atoms with E-state index in [-0.39, 0.29) is 0 Å². The van der Waals surface area contributed by atoms with Crippen molar-refractivity contribution in [2.45, 2.75) is 23.6 Å². The minimum Gasteiger partial charge on any atom is -0.480 e. The van der Waals surface area contributed by atoms with Crippen LogP contribution < -0.4 is 10.5 Å². The van der Waals surface area contributed by atoms with Crippen LogP contribution in [0.1, 0.15) is 6.92 Å². The van der Waals surface area contributed by atoms with Gasteiger partial charge in [0.2, 0.25) is 0 Å². The minimum absolute atomic E-state index is 0.766. The van der Waals surface area contributed by atoms with Crippen LogP contribution in [0.4, 0.5) is 0 Å². The third-order valence-electron chi connectivity index (χ3n) is 1.64. The van der Waals surface area contributed by atoms with E-state index in [2.05, 4.69) is 4.72 Å². The molecule has 94 valence electrons. The van der Waals surface area contributed by atoms with Crippen molar-refractivity contribution in [2.24, 2.45) is 5.73 Å². The molecule has 2 unspecified atom stereocenters. The van der Waals surface area contributed by atoms with Crippen LogP contribution in [0.3, 0.4) is 0 Å². The maximum atomic E-state index is 11.2. The zero-order valence-corrected chi connectivity index (χ0v) is 10.4. The predicted molar refractivity (Wildman–Crippen MR) is 61.3 cm³/mol. The Morgan fingerprint density at radius 1 is 1.38 bits per heavy atom. The third-order valence-corrected chi connectivity index (χ3v) is 4.70. The SMILES string of the molecule is C[C@H](NSC([C@H](N)C(=O)O)S(C)=O)C(=O)O. The van der Waals surface area contributed by atoms with Crippen LogP contribution in [0, 0.1) is 0 Å². The molecular weight excluding hydrogens is 256 g/mol. The molecule has 0 aliphatic carbocycles. The van der Waals surface area contributed by atoms with Gasteiger partial charge in [-0.15, -0.1) is 0 Å². The standard InChI is InChI=1S/C7H14N2O5S2/c1-3(5(10)11)9-15-7(16(2)14)4(8)6(12)13/h3-4,7,9H,8H2,1-2H3,(H,10,11)(H,12,13)/t3-,4+,7?,16?/m0/s1. The monoisotopic (exact) mass is 270 g/mol. The van der Waals surface area contributed by atoms with Crippen molar-refractivity contribution in [3.05, 3.63) is 0 Å². The molecule has 0 aromatic heterocycles. The molecule has 0 aromatic rings. The average Bonchev–Trinajstić information content (AvgIpc) is 2.16. The van der Waals surface area contributed by atoms with E-state index < -0.39 is 39.4 Å². The fourth-order valence-corrected chi connectivity index (χ4v) is 2.62. The second kappa shape index (κ2) is 6.84. The van der Waals surface area contributed by atoms with Crippen LogP contribution >= 0.6 is 11.9 Å². The summed E-state index contributed by atoms with van der Waals surface area (Å²) in [5.74, 6) is -2.37. The largest absolute Gasteiger partial charge is 0.480 e. The Kier molecular flexibility index (Phi) is 6.56. The lowest BCUT2D eigenvalue weighted by Crippen LogP contribution is -2.44. The second-order valence-corrected chi connectivity index (χ2v) is 5.81. The molecule has 7 nitrogen and oxygen atoms in total. The Morgan fingerprint density at radius 2 is 1.88 bits per heavy atom. The van der Waals surface area contributed by atoms with Gasteiger partial charge in [0.15, 0.2) is 0 Å². The Balaban J connectivity index is 4.42. The minimum atomic E-state index is -1.48. The molecule has 5 N–H and O–H groups in total. The quantitative estimate of drug-likeness (QED) is 0.425. The van der Waals surface area contributed by atoms with Crippen LogP contribution in [0.2, 0.25) is 0 Å². The molecule has 0 spiro atoms. The first kappa shape index (κ1) is 15.4. The van der Waals surface area contributed by atoms with Gasteiger partial charge in [0.25, 0.3) is 0 Å². The molecule has 0 saturated carbocycles. The number of hydrogen-bond acceptors (Lipinski definition) is 6. The lowest BCUT2D eigenvalue weighted by atomic mass is 10.4. The molecule has 0 heterocycles. The smallest absolute Gasteiger partial charge is 0.322 e. The van der Waals surface area contributed by atoms with Crippen molar-refractivity contribution in [1.29, 1.82) is 0 Å². The summed E-state index contributed by atoms with van der Waals surface area (Å²) in [4.78, 5) is 21.1. The van der Waals surface area contributed by atoms with E-state index in [9.17, 15) is 13.8 Å². The van der Waals surface area contributed by atoms with Gasteiger partial charge in [-0.05, 0) is 6.92 Å². The molecule has 0 aliphatic heterocycles. The van der Waals surface area contributed by atoms with Crippen molar-refractivity contribution in [1.82, 2.24) is 4.72 Å². The summed E-state index contributed by atoms with van der Waals surface area (Å²) in [6.07, 6.45) is 1.31. The summed E-state index contributed by atoms with van der Waals surface area (Å²) in [6.45, 7) is 1.39. The van der Waals surface area contributed by atoms with E-state index in [0.29, 0.717) is 0 Å². The highest BCUT2D eigenvalue weighted by atomic mass is 32.2. The van der Waals surface area contributed by atoms with Crippen molar-refractivity contribution in [3.8, 4) is 0 Å². The van der Waals surface area contributed by atoms with Gasteiger partial charge < -0.3 is 15.9 Å². The van der Waals surface area contributed by atoms with Crippen LogP contribution in [0.25, 0.3) is 0 Å². The molecule has 16 heavy (non-hydrogen) atoms. The average molecular weight is 270 g/mol. The van der Waals surface area contributed by atoms with Gasteiger partial charge in [0.1, 0.15) is 16.7 Å². The van der Waals surface area contributed by atoms with Crippen molar-refractivity contribution >= 4 is 34.7 Å². The normalized spacial score (nSPS) is 18.4. The Bertz CT molecular complexity index is 299. The fourth-order valence-electron chi connectivity index (χ4n) is 0.683. The summed E-state index contributed by atoms with van der Waals surface area (Å²) in [5.41, 5.74) is 5.32. The van der Waals surface area contributed by atoms with E-state index in [4.69, 9.17) is 15.9 Å². The number of hydrogen-bond donors (Lipinski definition) is 4. The molecule has 0 aliphatic rings. The third kappa shape index (κ3) is 4.92. The van der Waals surface area contributed by atoms with E-state index in [1.165, 1.54) is 13.2 Å². The number of rotatable bonds is 7. The topological polar surface area (TPSA) is 130 Å². The predicted octanol–water partition coefficient (Wildman–Crippen LogP) is -1.19. The molecule has 0 amide bonds. The van der Waals surface area contributed by atoms with Gasteiger partial charge in [0.05, 0.1) is 0 Å².